The van der Waals surface area contributed by atoms with Gasteiger partial charge in [0.25, 0.3) is 0 Å². The van der Waals surface area contributed by atoms with E-state index in [4.69, 9.17) is 9.84 Å². The largest absolute Gasteiger partial charge is 0.396 e. The van der Waals surface area contributed by atoms with E-state index in [1.54, 1.807) is 11.3 Å². The zero-order valence-corrected chi connectivity index (χ0v) is 9.35. The highest BCUT2D eigenvalue weighted by atomic mass is 32.1. The van der Waals surface area contributed by atoms with Gasteiger partial charge in [-0.1, -0.05) is 0 Å². The molecule has 1 saturated heterocycles. The third kappa shape index (κ3) is 4.69. The zero-order chi connectivity index (χ0) is 10.2. The summed E-state index contributed by atoms with van der Waals surface area (Å²) in [4.78, 5) is 4.16. The smallest absolute Gasteiger partial charge is 0.0950 e. The Hall–Kier alpha value is -0.450. The fourth-order valence-electron chi connectivity index (χ4n) is 1.12. The summed E-state index contributed by atoms with van der Waals surface area (Å²) in [6, 6.07) is 0. The molecule has 1 fully saturated rings. The first-order valence-electron chi connectivity index (χ1n) is 4.92. The maximum absolute atomic E-state index is 8.50. The SMILES string of the molecule is C1CCOC1.Cc1csc(CCO)n1. The Morgan fingerprint density at radius 3 is 2.57 bits per heavy atom. The second-order valence-electron chi connectivity index (χ2n) is 3.18. The quantitative estimate of drug-likeness (QED) is 0.817. The van der Waals surface area contributed by atoms with Gasteiger partial charge in [-0.05, 0) is 19.8 Å². The fraction of sp³-hybridized carbons (Fsp3) is 0.700. The van der Waals surface area contributed by atoms with E-state index in [1.807, 2.05) is 12.3 Å². The highest BCUT2D eigenvalue weighted by molar-refractivity contribution is 7.09. The average molecular weight is 215 g/mol. The second kappa shape index (κ2) is 6.92. The van der Waals surface area contributed by atoms with Gasteiger partial charge in [0.05, 0.1) is 5.01 Å². The molecule has 80 valence electrons. The monoisotopic (exact) mass is 215 g/mol. The Kier molecular flexibility index (Phi) is 5.75. The van der Waals surface area contributed by atoms with E-state index in [2.05, 4.69) is 4.98 Å². The lowest BCUT2D eigenvalue weighted by molar-refractivity contribution is 0.198. The molecule has 3 nitrogen and oxygen atoms in total. The number of aliphatic hydroxyl groups is 1. The summed E-state index contributed by atoms with van der Waals surface area (Å²) < 4.78 is 4.94. The lowest BCUT2D eigenvalue weighted by atomic mass is 10.4. The summed E-state index contributed by atoms with van der Waals surface area (Å²) in [5, 5.41) is 11.5. The Bertz CT molecular complexity index is 238. The molecule has 0 unspecified atom stereocenters. The van der Waals surface area contributed by atoms with Crippen molar-refractivity contribution in [3.63, 3.8) is 0 Å². The lowest BCUT2D eigenvalue weighted by Crippen LogP contribution is -1.88. The van der Waals surface area contributed by atoms with Crippen molar-refractivity contribution in [1.82, 2.24) is 4.98 Å². The first-order chi connectivity index (χ1) is 6.83. The predicted molar refractivity (Wildman–Crippen MR) is 57.7 cm³/mol. The Morgan fingerprint density at radius 2 is 2.21 bits per heavy atom. The molecule has 1 aliphatic heterocycles. The molecule has 0 radical (unpaired) electrons. The Labute approximate surface area is 88.8 Å². The van der Waals surface area contributed by atoms with Gasteiger partial charge in [0.2, 0.25) is 0 Å². The minimum atomic E-state index is 0.201. The van der Waals surface area contributed by atoms with Crippen LogP contribution in [-0.2, 0) is 11.2 Å². The highest BCUT2D eigenvalue weighted by Gasteiger charge is 1.95. The number of nitrogens with zero attached hydrogens (tertiary/aromatic N) is 1. The number of ether oxygens (including phenoxy) is 1. The summed E-state index contributed by atoms with van der Waals surface area (Å²) >= 11 is 1.60. The second-order valence-corrected chi connectivity index (χ2v) is 4.12. The molecule has 0 bridgehead atoms. The number of aliphatic hydroxyl groups excluding tert-OH is 1. The molecule has 0 saturated carbocycles. The van der Waals surface area contributed by atoms with Gasteiger partial charge in [-0.25, -0.2) is 4.98 Å². The molecule has 2 rings (SSSR count). The van der Waals surface area contributed by atoms with Crippen molar-refractivity contribution in [3.8, 4) is 0 Å². The van der Waals surface area contributed by atoms with Gasteiger partial charge in [-0.3, -0.25) is 0 Å². The van der Waals surface area contributed by atoms with E-state index in [0.29, 0.717) is 6.42 Å². The fourth-order valence-corrected chi connectivity index (χ4v) is 1.89. The van der Waals surface area contributed by atoms with Crippen LogP contribution in [0.15, 0.2) is 5.38 Å². The summed E-state index contributed by atoms with van der Waals surface area (Å²) in [6.45, 7) is 4.16. The first-order valence-corrected chi connectivity index (χ1v) is 5.80. The molecule has 0 spiro atoms. The molecule has 0 amide bonds. The third-order valence-electron chi connectivity index (χ3n) is 1.82. The van der Waals surface area contributed by atoms with Crippen molar-refractivity contribution in [1.29, 1.82) is 0 Å². The minimum Gasteiger partial charge on any atom is -0.396 e. The van der Waals surface area contributed by atoms with Crippen LogP contribution in [0.4, 0.5) is 0 Å². The van der Waals surface area contributed by atoms with E-state index in [-0.39, 0.29) is 6.61 Å². The number of hydrogen-bond donors (Lipinski definition) is 1. The molecule has 1 aromatic rings. The maximum atomic E-state index is 8.50. The van der Waals surface area contributed by atoms with Gasteiger partial charge in [-0.2, -0.15) is 0 Å². The van der Waals surface area contributed by atoms with Crippen LogP contribution in [0.5, 0.6) is 0 Å². The molecular formula is C10H17NO2S. The van der Waals surface area contributed by atoms with Crippen LogP contribution in [0.3, 0.4) is 0 Å². The average Bonchev–Trinajstić information content (AvgIpc) is 2.79. The molecule has 1 N–H and O–H groups in total. The van der Waals surface area contributed by atoms with Crippen molar-refractivity contribution >= 4 is 11.3 Å². The molecule has 1 aliphatic rings. The van der Waals surface area contributed by atoms with Crippen LogP contribution in [0.1, 0.15) is 23.5 Å². The van der Waals surface area contributed by atoms with Crippen LogP contribution < -0.4 is 0 Å². The van der Waals surface area contributed by atoms with E-state index in [0.717, 1.165) is 23.9 Å². The van der Waals surface area contributed by atoms with Gasteiger partial charge >= 0.3 is 0 Å². The molecule has 2 heterocycles. The Morgan fingerprint density at radius 1 is 1.50 bits per heavy atom. The lowest BCUT2D eigenvalue weighted by Gasteiger charge is -1.85. The van der Waals surface area contributed by atoms with E-state index >= 15 is 0 Å². The molecule has 1 aromatic heterocycles. The number of hydrogen-bond acceptors (Lipinski definition) is 4. The summed E-state index contributed by atoms with van der Waals surface area (Å²) in [5.41, 5.74) is 1.04. The summed E-state index contributed by atoms with van der Waals surface area (Å²) in [7, 11) is 0. The molecular weight excluding hydrogens is 198 g/mol. The van der Waals surface area contributed by atoms with Crippen LogP contribution in [-0.4, -0.2) is 29.9 Å². The van der Waals surface area contributed by atoms with Gasteiger partial charge < -0.3 is 9.84 Å². The molecule has 0 aliphatic carbocycles. The Balaban J connectivity index is 0.000000165. The number of thiazole rings is 1. The van der Waals surface area contributed by atoms with Crippen LogP contribution in [0.25, 0.3) is 0 Å². The number of aromatic nitrogens is 1. The van der Waals surface area contributed by atoms with Crippen molar-refractivity contribution in [2.24, 2.45) is 0 Å². The van der Waals surface area contributed by atoms with Crippen molar-refractivity contribution < 1.29 is 9.84 Å². The van der Waals surface area contributed by atoms with Crippen molar-refractivity contribution in [2.45, 2.75) is 26.2 Å². The zero-order valence-electron chi connectivity index (χ0n) is 8.53. The van der Waals surface area contributed by atoms with Gasteiger partial charge in [-0.15, -0.1) is 11.3 Å². The number of rotatable bonds is 2. The topological polar surface area (TPSA) is 42.4 Å². The highest BCUT2D eigenvalue weighted by Crippen LogP contribution is 2.08. The molecule has 0 atom stereocenters. The van der Waals surface area contributed by atoms with Crippen molar-refractivity contribution in [2.75, 3.05) is 19.8 Å². The summed E-state index contributed by atoms with van der Waals surface area (Å²) in [5.74, 6) is 0. The van der Waals surface area contributed by atoms with E-state index < -0.39 is 0 Å². The van der Waals surface area contributed by atoms with Gasteiger partial charge in [0, 0.05) is 37.3 Å². The normalized spacial score (nSPS) is 15.0. The third-order valence-corrected chi connectivity index (χ3v) is 2.85. The van der Waals surface area contributed by atoms with Gasteiger partial charge in [0.1, 0.15) is 0 Å². The predicted octanol–water partition coefficient (Wildman–Crippen LogP) is 1.78. The van der Waals surface area contributed by atoms with Crippen molar-refractivity contribution in [3.05, 3.63) is 16.1 Å². The van der Waals surface area contributed by atoms with Crippen LogP contribution in [0.2, 0.25) is 0 Å². The minimum absolute atomic E-state index is 0.201. The molecule has 0 aromatic carbocycles. The maximum Gasteiger partial charge on any atom is 0.0950 e. The molecule has 4 heteroatoms. The summed E-state index contributed by atoms with van der Waals surface area (Å²) in [6.07, 6.45) is 3.25. The molecule has 14 heavy (non-hydrogen) atoms. The van der Waals surface area contributed by atoms with Crippen LogP contribution in [0, 0.1) is 6.92 Å². The van der Waals surface area contributed by atoms with E-state index in [9.17, 15) is 0 Å². The van der Waals surface area contributed by atoms with E-state index in [1.165, 1.54) is 12.8 Å². The first kappa shape index (κ1) is 11.6. The van der Waals surface area contributed by atoms with Gasteiger partial charge in [0.15, 0.2) is 0 Å². The number of aryl methyl sites for hydroxylation is 1. The van der Waals surface area contributed by atoms with Crippen LogP contribution >= 0.6 is 11.3 Å². The standard InChI is InChI=1S/C6H9NOS.C4H8O/c1-5-4-9-6(7-5)2-3-8;1-2-4-5-3-1/h4,8H,2-3H2,1H3;1-4H2.